The van der Waals surface area contributed by atoms with E-state index in [0.717, 1.165) is 25.3 Å². The lowest BCUT2D eigenvalue weighted by Gasteiger charge is -2.22. The van der Waals surface area contributed by atoms with Crippen molar-refractivity contribution >= 4 is 0 Å². The molecule has 2 heteroatoms. The van der Waals surface area contributed by atoms with Crippen molar-refractivity contribution in [3.8, 4) is 5.75 Å². The van der Waals surface area contributed by atoms with Crippen LogP contribution in [0, 0.1) is 5.92 Å². The van der Waals surface area contributed by atoms with Gasteiger partial charge in [0.2, 0.25) is 0 Å². The lowest BCUT2D eigenvalue weighted by atomic mass is 9.96. The Morgan fingerprint density at radius 2 is 2.00 bits per heavy atom. The van der Waals surface area contributed by atoms with E-state index in [2.05, 4.69) is 51.2 Å². The molecular formula is C15H25NO. The van der Waals surface area contributed by atoms with Crippen molar-refractivity contribution in [3.05, 3.63) is 29.8 Å². The maximum Gasteiger partial charge on any atom is 0.119 e. The van der Waals surface area contributed by atoms with Gasteiger partial charge in [-0.3, -0.25) is 0 Å². The maximum absolute atomic E-state index is 5.68. The van der Waals surface area contributed by atoms with Crippen LogP contribution in [0.5, 0.6) is 5.75 Å². The SMILES string of the molecule is CCCOc1cccc(C(NCC)C(C)C)c1. The average Bonchev–Trinajstić information content (AvgIpc) is 2.33. The molecule has 96 valence electrons. The third kappa shape index (κ3) is 4.39. The highest BCUT2D eigenvalue weighted by molar-refractivity contribution is 5.30. The van der Waals surface area contributed by atoms with Crippen LogP contribution in [0.25, 0.3) is 0 Å². The van der Waals surface area contributed by atoms with Crippen molar-refractivity contribution in [1.82, 2.24) is 5.32 Å². The summed E-state index contributed by atoms with van der Waals surface area (Å²) in [6.45, 7) is 10.5. The highest BCUT2D eigenvalue weighted by Gasteiger charge is 2.14. The summed E-state index contributed by atoms with van der Waals surface area (Å²) in [7, 11) is 0. The van der Waals surface area contributed by atoms with Crippen molar-refractivity contribution in [2.24, 2.45) is 5.92 Å². The molecule has 0 fully saturated rings. The Morgan fingerprint density at radius 3 is 2.59 bits per heavy atom. The number of rotatable bonds is 7. The molecular weight excluding hydrogens is 210 g/mol. The van der Waals surface area contributed by atoms with Gasteiger partial charge in [-0.2, -0.15) is 0 Å². The summed E-state index contributed by atoms with van der Waals surface area (Å²) < 4.78 is 5.68. The summed E-state index contributed by atoms with van der Waals surface area (Å²) in [5.41, 5.74) is 1.32. The minimum atomic E-state index is 0.408. The minimum Gasteiger partial charge on any atom is -0.494 e. The fourth-order valence-corrected chi connectivity index (χ4v) is 1.98. The average molecular weight is 235 g/mol. The Hall–Kier alpha value is -1.02. The molecule has 1 unspecified atom stereocenters. The first-order valence-electron chi connectivity index (χ1n) is 6.65. The van der Waals surface area contributed by atoms with Gasteiger partial charge in [-0.25, -0.2) is 0 Å². The van der Waals surface area contributed by atoms with Gasteiger partial charge in [-0.15, -0.1) is 0 Å². The zero-order valence-electron chi connectivity index (χ0n) is 11.5. The topological polar surface area (TPSA) is 21.3 Å². The van der Waals surface area contributed by atoms with Crippen LogP contribution in [0.1, 0.15) is 45.7 Å². The molecule has 0 spiro atoms. The third-order valence-corrected chi connectivity index (χ3v) is 2.78. The van der Waals surface area contributed by atoms with Crippen molar-refractivity contribution in [2.75, 3.05) is 13.2 Å². The van der Waals surface area contributed by atoms with E-state index < -0.39 is 0 Å². The van der Waals surface area contributed by atoms with Gasteiger partial charge in [0.1, 0.15) is 5.75 Å². The van der Waals surface area contributed by atoms with Gasteiger partial charge < -0.3 is 10.1 Å². The van der Waals surface area contributed by atoms with Crippen molar-refractivity contribution in [2.45, 2.75) is 40.2 Å². The Labute approximate surface area is 105 Å². The van der Waals surface area contributed by atoms with E-state index in [9.17, 15) is 0 Å². The van der Waals surface area contributed by atoms with E-state index in [4.69, 9.17) is 4.74 Å². The molecule has 1 N–H and O–H groups in total. The molecule has 0 saturated heterocycles. The normalized spacial score (nSPS) is 12.8. The van der Waals surface area contributed by atoms with Gasteiger partial charge in [-0.05, 0) is 36.6 Å². The molecule has 0 amide bonds. The number of hydrogen-bond acceptors (Lipinski definition) is 2. The monoisotopic (exact) mass is 235 g/mol. The van der Waals surface area contributed by atoms with Crippen molar-refractivity contribution in [1.29, 1.82) is 0 Å². The smallest absolute Gasteiger partial charge is 0.119 e. The van der Waals surface area contributed by atoms with E-state index in [0.29, 0.717) is 12.0 Å². The number of benzene rings is 1. The fraction of sp³-hybridized carbons (Fsp3) is 0.600. The summed E-state index contributed by atoms with van der Waals surface area (Å²) in [4.78, 5) is 0. The van der Waals surface area contributed by atoms with Crippen molar-refractivity contribution < 1.29 is 4.74 Å². The van der Waals surface area contributed by atoms with Crippen LogP contribution >= 0.6 is 0 Å². The fourth-order valence-electron chi connectivity index (χ4n) is 1.98. The molecule has 0 aliphatic heterocycles. The molecule has 1 atom stereocenters. The van der Waals surface area contributed by atoms with E-state index in [1.165, 1.54) is 5.56 Å². The summed E-state index contributed by atoms with van der Waals surface area (Å²) in [6, 6.07) is 8.84. The van der Waals surface area contributed by atoms with Crippen LogP contribution in [0.4, 0.5) is 0 Å². The molecule has 2 nitrogen and oxygen atoms in total. The Bertz CT molecular complexity index is 322. The molecule has 17 heavy (non-hydrogen) atoms. The molecule has 0 radical (unpaired) electrons. The van der Waals surface area contributed by atoms with Crippen LogP contribution in [0.15, 0.2) is 24.3 Å². The Balaban J connectivity index is 2.80. The first-order valence-corrected chi connectivity index (χ1v) is 6.65. The summed E-state index contributed by atoms with van der Waals surface area (Å²) >= 11 is 0. The zero-order valence-corrected chi connectivity index (χ0v) is 11.5. The quantitative estimate of drug-likeness (QED) is 0.776. The van der Waals surface area contributed by atoms with Crippen LogP contribution in [0.2, 0.25) is 0 Å². The summed E-state index contributed by atoms with van der Waals surface area (Å²) in [5, 5.41) is 3.53. The second-order valence-corrected chi connectivity index (χ2v) is 4.70. The highest BCUT2D eigenvalue weighted by Crippen LogP contribution is 2.25. The third-order valence-electron chi connectivity index (χ3n) is 2.78. The van der Waals surface area contributed by atoms with Gasteiger partial charge in [0.05, 0.1) is 6.61 Å². The number of hydrogen-bond donors (Lipinski definition) is 1. The van der Waals surface area contributed by atoms with Crippen LogP contribution in [0.3, 0.4) is 0 Å². The zero-order chi connectivity index (χ0) is 12.7. The lowest BCUT2D eigenvalue weighted by molar-refractivity contribution is 0.316. The highest BCUT2D eigenvalue weighted by atomic mass is 16.5. The minimum absolute atomic E-state index is 0.408. The summed E-state index contributed by atoms with van der Waals surface area (Å²) in [6.07, 6.45) is 1.05. The maximum atomic E-state index is 5.68. The molecule has 1 aromatic rings. The van der Waals surface area contributed by atoms with Gasteiger partial charge in [0.15, 0.2) is 0 Å². The van der Waals surface area contributed by atoms with Gasteiger partial charge in [0, 0.05) is 6.04 Å². The molecule has 1 aromatic carbocycles. The van der Waals surface area contributed by atoms with E-state index in [1.807, 2.05) is 6.07 Å². The second kappa shape index (κ2) is 7.33. The Morgan fingerprint density at radius 1 is 1.24 bits per heavy atom. The lowest BCUT2D eigenvalue weighted by Crippen LogP contribution is -2.25. The second-order valence-electron chi connectivity index (χ2n) is 4.70. The van der Waals surface area contributed by atoms with Crippen LogP contribution < -0.4 is 10.1 Å². The molecule has 0 aliphatic carbocycles. The van der Waals surface area contributed by atoms with Crippen LogP contribution in [-0.2, 0) is 0 Å². The predicted octanol–water partition coefficient (Wildman–Crippen LogP) is 3.78. The summed E-state index contributed by atoms with van der Waals surface area (Å²) in [5.74, 6) is 1.56. The molecule has 0 heterocycles. The largest absolute Gasteiger partial charge is 0.494 e. The molecule has 0 saturated carbocycles. The van der Waals surface area contributed by atoms with Gasteiger partial charge >= 0.3 is 0 Å². The standard InChI is InChI=1S/C15H25NO/c1-5-10-17-14-9-7-8-13(11-14)15(12(3)4)16-6-2/h7-9,11-12,15-16H,5-6,10H2,1-4H3. The van der Waals surface area contributed by atoms with Crippen molar-refractivity contribution in [3.63, 3.8) is 0 Å². The first-order chi connectivity index (χ1) is 8.19. The molecule has 0 aliphatic rings. The predicted molar refractivity (Wildman–Crippen MR) is 73.5 cm³/mol. The van der Waals surface area contributed by atoms with Crippen LogP contribution in [-0.4, -0.2) is 13.2 Å². The van der Waals surface area contributed by atoms with Gasteiger partial charge in [-0.1, -0.05) is 39.8 Å². The van der Waals surface area contributed by atoms with E-state index in [1.54, 1.807) is 0 Å². The molecule has 1 rings (SSSR count). The van der Waals surface area contributed by atoms with E-state index >= 15 is 0 Å². The number of ether oxygens (including phenoxy) is 1. The van der Waals surface area contributed by atoms with Gasteiger partial charge in [0.25, 0.3) is 0 Å². The van der Waals surface area contributed by atoms with E-state index in [-0.39, 0.29) is 0 Å². The Kier molecular flexibility index (Phi) is 6.06. The molecule has 0 aromatic heterocycles. The number of nitrogens with one attached hydrogen (secondary N) is 1. The first kappa shape index (κ1) is 14.0. The molecule has 0 bridgehead atoms.